The lowest BCUT2D eigenvalue weighted by Gasteiger charge is -2.31. The van der Waals surface area contributed by atoms with E-state index < -0.39 is 0 Å². The van der Waals surface area contributed by atoms with Crippen molar-refractivity contribution in [1.82, 2.24) is 0 Å². The minimum atomic E-state index is -0.280. The van der Waals surface area contributed by atoms with Crippen LogP contribution in [-0.2, 0) is 11.3 Å². The predicted octanol–water partition coefficient (Wildman–Crippen LogP) is 4.76. The highest BCUT2D eigenvalue weighted by Gasteiger charge is 2.20. The van der Waals surface area contributed by atoms with Gasteiger partial charge < -0.3 is 14.4 Å². The molecule has 0 N–H and O–H groups in total. The van der Waals surface area contributed by atoms with E-state index in [-0.39, 0.29) is 5.97 Å². The van der Waals surface area contributed by atoms with Crippen LogP contribution in [0.15, 0.2) is 60.7 Å². The smallest absolute Gasteiger partial charge is 0.338 e. The van der Waals surface area contributed by atoms with Crippen molar-refractivity contribution in [3.63, 3.8) is 0 Å². The average Bonchev–Trinajstić information content (AvgIpc) is 2.71. The van der Waals surface area contributed by atoms with Gasteiger partial charge in [-0.2, -0.15) is 0 Å². The number of hydrogen-bond acceptors (Lipinski definition) is 4. The van der Waals surface area contributed by atoms with Gasteiger partial charge >= 0.3 is 5.97 Å². The molecule has 0 aromatic heterocycles. The molecule has 0 spiro atoms. The Balaban J connectivity index is 1.63. The van der Waals surface area contributed by atoms with E-state index in [1.807, 2.05) is 43.3 Å². The van der Waals surface area contributed by atoms with E-state index in [0.717, 1.165) is 24.4 Å². The van der Waals surface area contributed by atoms with E-state index in [1.165, 1.54) is 16.3 Å². The number of ether oxygens (including phenoxy) is 2. The molecular weight excluding hydrogens is 326 g/mol. The quantitative estimate of drug-likeness (QED) is 0.638. The molecule has 0 unspecified atom stereocenters. The zero-order valence-corrected chi connectivity index (χ0v) is 14.8. The third-order valence-electron chi connectivity index (χ3n) is 4.61. The molecule has 1 aliphatic rings. The molecular formula is C22H21NO3. The first-order chi connectivity index (χ1) is 12.8. The van der Waals surface area contributed by atoms with Crippen molar-refractivity contribution < 1.29 is 14.3 Å². The Kier molecular flexibility index (Phi) is 4.48. The second-order valence-corrected chi connectivity index (χ2v) is 6.42. The summed E-state index contributed by atoms with van der Waals surface area (Å²) in [6.07, 6.45) is 0.815. The van der Waals surface area contributed by atoms with Gasteiger partial charge in [0.2, 0.25) is 0 Å². The van der Waals surface area contributed by atoms with Crippen LogP contribution < -0.4 is 9.64 Å². The van der Waals surface area contributed by atoms with Crippen LogP contribution in [0.2, 0.25) is 0 Å². The Morgan fingerprint density at radius 2 is 2.00 bits per heavy atom. The van der Waals surface area contributed by atoms with Gasteiger partial charge in [0.1, 0.15) is 5.75 Å². The van der Waals surface area contributed by atoms with Gasteiger partial charge in [-0.15, -0.1) is 0 Å². The summed E-state index contributed by atoms with van der Waals surface area (Å²) in [6.45, 7) is 3.62. The minimum absolute atomic E-state index is 0.280. The van der Waals surface area contributed by atoms with Crippen LogP contribution in [0.4, 0.5) is 5.69 Å². The first-order valence-electron chi connectivity index (χ1n) is 8.92. The molecule has 4 nitrogen and oxygen atoms in total. The average molecular weight is 347 g/mol. The fourth-order valence-corrected chi connectivity index (χ4v) is 3.27. The number of fused-ring (bicyclic) bond motifs is 3. The standard InChI is InChI=1S/C22H21NO3/c1-2-12-25-22(24)17-7-5-8-18(13-17)23-14-20-19-9-4-3-6-16(19)10-11-21(20)26-15-23/h3-11,13H,2,12,14-15H2,1H3. The summed E-state index contributed by atoms with van der Waals surface area (Å²) in [5, 5.41) is 2.40. The van der Waals surface area contributed by atoms with Crippen molar-refractivity contribution in [1.29, 1.82) is 0 Å². The van der Waals surface area contributed by atoms with Crippen molar-refractivity contribution in [2.24, 2.45) is 0 Å². The molecule has 0 bridgehead atoms. The maximum Gasteiger partial charge on any atom is 0.338 e. The molecule has 3 aromatic rings. The fraction of sp³-hybridized carbons (Fsp3) is 0.227. The lowest BCUT2D eigenvalue weighted by molar-refractivity contribution is 0.0505. The van der Waals surface area contributed by atoms with Crippen LogP contribution in [-0.4, -0.2) is 19.3 Å². The van der Waals surface area contributed by atoms with Crippen molar-refractivity contribution in [3.05, 3.63) is 71.8 Å². The van der Waals surface area contributed by atoms with E-state index in [2.05, 4.69) is 23.1 Å². The number of hydrogen-bond donors (Lipinski definition) is 0. The Morgan fingerprint density at radius 3 is 2.88 bits per heavy atom. The Bertz CT molecular complexity index is 951. The van der Waals surface area contributed by atoms with Crippen LogP contribution >= 0.6 is 0 Å². The van der Waals surface area contributed by atoms with Gasteiger partial charge in [0.15, 0.2) is 6.73 Å². The number of carbonyl (C=O) groups excluding carboxylic acids is 1. The molecule has 1 heterocycles. The predicted molar refractivity (Wildman–Crippen MR) is 103 cm³/mol. The van der Waals surface area contributed by atoms with Crippen molar-refractivity contribution in [3.8, 4) is 5.75 Å². The third kappa shape index (κ3) is 3.10. The van der Waals surface area contributed by atoms with Crippen LogP contribution in [0.5, 0.6) is 5.75 Å². The van der Waals surface area contributed by atoms with E-state index in [9.17, 15) is 4.79 Å². The first kappa shape index (κ1) is 16.5. The second kappa shape index (κ2) is 7.08. The normalized spacial score (nSPS) is 13.2. The van der Waals surface area contributed by atoms with E-state index >= 15 is 0 Å². The van der Waals surface area contributed by atoms with Crippen molar-refractivity contribution >= 4 is 22.4 Å². The lowest BCUT2D eigenvalue weighted by atomic mass is 10.0. The first-order valence-corrected chi connectivity index (χ1v) is 8.92. The molecule has 0 amide bonds. The fourth-order valence-electron chi connectivity index (χ4n) is 3.27. The number of benzene rings is 3. The molecule has 4 heteroatoms. The molecule has 132 valence electrons. The largest absolute Gasteiger partial charge is 0.473 e. The number of anilines is 1. The van der Waals surface area contributed by atoms with Gasteiger partial charge in [-0.25, -0.2) is 4.79 Å². The maximum absolute atomic E-state index is 12.1. The summed E-state index contributed by atoms with van der Waals surface area (Å²) in [7, 11) is 0. The summed E-state index contributed by atoms with van der Waals surface area (Å²) in [4.78, 5) is 14.3. The van der Waals surface area contributed by atoms with Gasteiger partial charge in [0.05, 0.1) is 18.7 Å². The summed E-state index contributed by atoms with van der Waals surface area (Å²) in [6, 6.07) is 20.0. The molecule has 26 heavy (non-hydrogen) atoms. The molecule has 0 radical (unpaired) electrons. The van der Waals surface area contributed by atoms with Crippen LogP contribution in [0.1, 0.15) is 29.3 Å². The molecule has 1 aliphatic heterocycles. The number of rotatable bonds is 4. The number of esters is 1. The Labute approximate surface area is 153 Å². The van der Waals surface area contributed by atoms with Crippen LogP contribution in [0, 0.1) is 0 Å². The molecule has 3 aromatic carbocycles. The van der Waals surface area contributed by atoms with E-state index in [1.54, 1.807) is 6.07 Å². The zero-order valence-electron chi connectivity index (χ0n) is 14.8. The third-order valence-corrected chi connectivity index (χ3v) is 4.61. The molecule has 0 aliphatic carbocycles. The monoisotopic (exact) mass is 347 g/mol. The van der Waals surface area contributed by atoms with Gasteiger partial charge in [0, 0.05) is 11.3 Å². The summed E-state index contributed by atoms with van der Waals surface area (Å²) < 4.78 is 11.2. The minimum Gasteiger partial charge on any atom is -0.473 e. The van der Waals surface area contributed by atoms with Gasteiger partial charge in [0.25, 0.3) is 0 Å². The van der Waals surface area contributed by atoms with Crippen LogP contribution in [0.3, 0.4) is 0 Å². The SMILES string of the molecule is CCCOC(=O)c1cccc(N2COc3ccc4ccccc4c3C2)c1. The summed E-state index contributed by atoms with van der Waals surface area (Å²) in [5.74, 6) is 0.649. The molecule has 0 saturated heterocycles. The van der Waals surface area contributed by atoms with Crippen LogP contribution in [0.25, 0.3) is 10.8 Å². The van der Waals surface area contributed by atoms with Gasteiger partial charge in [-0.1, -0.05) is 43.3 Å². The molecule has 0 atom stereocenters. The van der Waals surface area contributed by atoms with E-state index in [4.69, 9.17) is 9.47 Å². The number of carbonyl (C=O) groups is 1. The zero-order chi connectivity index (χ0) is 17.9. The van der Waals surface area contributed by atoms with Gasteiger partial charge in [-0.05, 0) is 41.5 Å². The molecule has 0 saturated carbocycles. The Morgan fingerprint density at radius 1 is 1.12 bits per heavy atom. The maximum atomic E-state index is 12.1. The molecule has 0 fully saturated rings. The van der Waals surface area contributed by atoms with Crippen molar-refractivity contribution in [2.75, 3.05) is 18.2 Å². The molecule has 4 rings (SSSR count). The lowest BCUT2D eigenvalue weighted by Crippen LogP contribution is -2.32. The summed E-state index contributed by atoms with van der Waals surface area (Å²) in [5.41, 5.74) is 2.70. The topological polar surface area (TPSA) is 38.8 Å². The second-order valence-electron chi connectivity index (χ2n) is 6.42. The van der Waals surface area contributed by atoms with Crippen molar-refractivity contribution in [2.45, 2.75) is 19.9 Å². The van der Waals surface area contributed by atoms with E-state index in [0.29, 0.717) is 18.9 Å². The highest BCUT2D eigenvalue weighted by Crippen LogP contribution is 2.34. The Hall–Kier alpha value is -3.01. The highest BCUT2D eigenvalue weighted by atomic mass is 16.5. The number of nitrogens with zero attached hydrogens (tertiary/aromatic N) is 1. The highest BCUT2D eigenvalue weighted by molar-refractivity contribution is 5.91. The van der Waals surface area contributed by atoms with Gasteiger partial charge in [-0.3, -0.25) is 0 Å². The summed E-state index contributed by atoms with van der Waals surface area (Å²) >= 11 is 0.